The molecule has 2 heteroatoms. The predicted molar refractivity (Wildman–Crippen MR) is 62.9 cm³/mol. The third-order valence-corrected chi connectivity index (χ3v) is 5.02. The third-order valence-electron chi connectivity index (χ3n) is 5.02. The summed E-state index contributed by atoms with van der Waals surface area (Å²) in [4.78, 5) is 2.84. The average molecular weight is 208 g/mol. The Morgan fingerprint density at radius 3 is 2.60 bits per heavy atom. The quantitative estimate of drug-likeness (QED) is 0.707. The van der Waals surface area contributed by atoms with E-state index in [0.717, 1.165) is 23.9 Å². The first-order chi connectivity index (χ1) is 7.36. The molecule has 0 aromatic heterocycles. The van der Waals surface area contributed by atoms with Crippen LogP contribution in [0.3, 0.4) is 0 Å². The van der Waals surface area contributed by atoms with E-state index in [1.165, 1.54) is 51.7 Å². The molecule has 86 valence electrons. The zero-order valence-corrected chi connectivity index (χ0v) is 9.91. The van der Waals surface area contributed by atoms with Crippen molar-refractivity contribution >= 4 is 0 Å². The second-order valence-electron chi connectivity index (χ2n) is 5.81. The molecule has 3 unspecified atom stereocenters. The van der Waals surface area contributed by atoms with E-state index in [9.17, 15) is 0 Å². The topological polar surface area (TPSA) is 15.3 Å². The molecule has 0 radical (unpaired) electrons. The summed E-state index contributed by atoms with van der Waals surface area (Å²) in [7, 11) is 0. The van der Waals surface area contributed by atoms with Crippen molar-refractivity contribution in [2.45, 2.75) is 51.1 Å². The van der Waals surface area contributed by atoms with Crippen molar-refractivity contribution in [1.29, 1.82) is 0 Å². The number of rotatable bonds is 1. The van der Waals surface area contributed by atoms with Gasteiger partial charge in [-0.2, -0.15) is 0 Å². The van der Waals surface area contributed by atoms with E-state index >= 15 is 0 Å². The summed E-state index contributed by atoms with van der Waals surface area (Å²) in [5, 5.41) is 3.55. The van der Waals surface area contributed by atoms with E-state index in [-0.39, 0.29) is 0 Å². The van der Waals surface area contributed by atoms with E-state index in [2.05, 4.69) is 17.1 Å². The van der Waals surface area contributed by atoms with Gasteiger partial charge in [0, 0.05) is 18.6 Å². The summed E-state index contributed by atoms with van der Waals surface area (Å²) in [5.41, 5.74) is 0. The molecule has 0 aromatic carbocycles. The number of hydrogen-bond acceptors (Lipinski definition) is 2. The fourth-order valence-electron chi connectivity index (χ4n) is 4.10. The lowest BCUT2D eigenvalue weighted by molar-refractivity contribution is 0.135. The summed E-state index contributed by atoms with van der Waals surface area (Å²) < 4.78 is 0. The molecule has 3 fully saturated rings. The third kappa shape index (κ3) is 1.72. The van der Waals surface area contributed by atoms with Crippen molar-refractivity contribution in [2.75, 3.05) is 19.6 Å². The number of nitrogens with zero attached hydrogens (tertiary/aromatic N) is 1. The minimum atomic E-state index is 0.841. The van der Waals surface area contributed by atoms with Crippen LogP contribution in [0.25, 0.3) is 0 Å². The van der Waals surface area contributed by atoms with Crippen molar-refractivity contribution in [3.8, 4) is 0 Å². The molecular formula is C13H24N2. The van der Waals surface area contributed by atoms with E-state index in [1.54, 1.807) is 0 Å². The van der Waals surface area contributed by atoms with Gasteiger partial charge in [0.15, 0.2) is 0 Å². The van der Waals surface area contributed by atoms with Gasteiger partial charge in [0.2, 0.25) is 0 Å². The van der Waals surface area contributed by atoms with E-state index in [0.29, 0.717) is 0 Å². The van der Waals surface area contributed by atoms with Crippen LogP contribution < -0.4 is 5.32 Å². The Morgan fingerprint density at radius 1 is 1.07 bits per heavy atom. The van der Waals surface area contributed by atoms with Gasteiger partial charge in [-0.1, -0.05) is 19.3 Å². The lowest BCUT2D eigenvalue weighted by atomic mass is 9.92. The van der Waals surface area contributed by atoms with Gasteiger partial charge in [0.25, 0.3) is 0 Å². The monoisotopic (exact) mass is 208 g/mol. The molecule has 15 heavy (non-hydrogen) atoms. The van der Waals surface area contributed by atoms with Crippen molar-refractivity contribution in [1.82, 2.24) is 10.2 Å². The molecule has 0 amide bonds. The summed E-state index contributed by atoms with van der Waals surface area (Å²) in [6.45, 7) is 6.39. The Balaban J connectivity index is 1.67. The molecular weight excluding hydrogens is 184 g/mol. The second-order valence-corrected chi connectivity index (χ2v) is 5.81. The van der Waals surface area contributed by atoms with Crippen LogP contribution in [0.4, 0.5) is 0 Å². The van der Waals surface area contributed by atoms with Crippen molar-refractivity contribution in [2.24, 2.45) is 11.8 Å². The Kier molecular flexibility index (Phi) is 2.73. The highest BCUT2D eigenvalue weighted by Crippen LogP contribution is 2.36. The molecule has 0 aromatic rings. The van der Waals surface area contributed by atoms with Crippen molar-refractivity contribution in [3.05, 3.63) is 0 Å². The van der Waals surface area contributed by atoms with Crippen LogP contribution in [0.1, 0.15) is 39.0 Å². The first kappa shape index (κ1) is 10.1. The molecule has 2 heterocycles. The first-order valence-corrected chi connectivity index (χ1v) is 6.82. The molecule has 0 bridgehead atoms. The molecule has 2 saturated heterocycles. The predicted octanol–water partition coefficient (Wildman–Crippen LogP) is 1.86. The molecule has 3 rings (SSSR count). The number of fused-ring (bicyclic) bond motifs is 1. The maximum atomic E-state index is 3.55. The van der Waals surface area contributed by atoms with Gasteiger partial charge < -0.3 is 5.32 Å². The van der Waals surface area contributed by atoms with E-state index < -0.39 is 0 Å². The standard InChI is InChI=1S/C13H24N2/c1-10-13-8-14-7-11(13)9-15(10)12-5-3-2-4-6-12/h10-14H,2-9H2,1H3. The van der Waals surface area contributed by atoms with Gasteiger partial charge in [0.05, 0.1) is 0 Å². The minimum absolute atomic E-state index is 0.841. The average Bonchev–Trinajstić information content (AvgIpc) is 2.83. The Bertz CT molecular complexity index is 221. The summed E-state index contributed by atoms with van der Waals surface area (Å²) in [6.07, 6.45) is 7.37. The van der Waals surface area contributed by atoms with Crippen LogP contribution in [0, 0.1) is 11.8 Å². The highest BCUT2D eigenvalue weighted by molar-refractivity contribution is 4.98. The maximum Gasteiger partial charge on any atom is 0.0114 e. The van der Waals surface area contributed by atoms with E-state index in [1.807, 2.05) is 0 Å². The van der Waals surface area contributed by atoms with Crippen LogP contribution in [0.2, 0.25) is 0 Å². The lowest BCUT2D eigenvalue weighted by Crippen LogP contribution is -2.42. The molecule has 1 aliphatic carbocycles. The van der Waals surface area contributed by atoms with Gasteiger partial charge >= 0.3 is 0 Å². The largest absolute Gasteiger partial charge is 0.316 e. The molecule has 1 N–H and O–H groups in total. The van der Waals surface area contributed by atoms with Crippen LogP contribution in [0.15, 0.2) is 0 Å². The minimum Gasteiger partial charge on any atom is -0.316 e. The Hall–Kier alpha value is -0.0800. The number of likely N-dealkylation sites (tertiary alicyclic amines) is 1. The van der Waals surface area contributed by atoms with Crippen molar-refractivity contribution < 1.29 is 0 Å². The zero-order chi connectivity index (χ0) is 10.3. The van der Waals surface area contributed by atoms with Crippen LogP contribution >= 0.6 is 0 Å². The van der Waals surface area contributed by atoms with Gasteiger partial charge in [-0.3, -0.25) is 4.90 Å². The second kappa shape index (κ2) is 4.06. The lowest BCUT2D eigenvalue weighted by Gasteiger charge is -2.35. The van der Waals surface area contributed by atoms with Crippen LogP contribution in [0.5, 0.6) is 0 Å². The number of nitrogens with one attached hydrogen (secondary N) is 1. The van der Waals surface area contributed by atoms with Gasteiger partial charge in [-0.05, 0) is 44.7 Å². The van der Waals surface area contributed by atoms with Gasteiger partial charge in [0.1, 0.15) is 0 Å². The van der Waals surface area contributed by atoms with E-state index in [4.69, 9.17) is 0 Å². The molecule has 2 aliphatic heterocycles. The van der Waals surface area contributed by atoms with Crippen LogP contribution in [-0.2, 0) is 0 Å². The van der Waals surface area contributed by atoms with Crippen molar-refractivity contribution in [3.63, 3.8) is 0 Å². The smallest absolute Gasteiger partial charge is 0.0114 e. The molecule has 1 saturated carbocycles. The first-order valence-electron chi connectivity index (χ1n) is 6.82. The zero-order valence-electron chi connectivity index (χ0n) is 9.91. The summed E-state index contributed by atoms with van der Waals surface area (Å²) in [5.74, 6) is 1.91. The maximum absolute atomic E-state index is 3.55. The normalized spacial score (nSPS) is 43.4. The Labute approximate surface area is 93.4 Å². The summed E-state index contributed by atoms with van der Waals surface area (Å²) >= 11 is 0. The highest BCUT2D eigenvalue weighted by Gasteiger charge is 2.43. The van der Waals surface area contributed by atoms with Gasteiger partial charge in [-0.25, -0.2) is 0 Å². The summed E-state index contributed by atoms with van der Waals surface area (Å²) in [6, 6.07) is 1.77. The SMILES string of the molecule is CC1C2CNCC2CN1C1CCCCC1. The number of hydrogen-bond donors (Lipinski definition) is 1. The Morgan fingerprint density at radius 2 is 1.87 bits per heavy atom. The molecule has 0 spiro atoms. The molecule has 2 nitrogen and oxygen atoms in total. The fourth-order valence-corrected chi connectivity index (χ4v) is 4.10. The van der Waals surface area contributed by atoms with Gasteiger partial charge in [-0.15, -0.1) is 0 Å². The molecule has 3 atom stereocenters. The van der Waals surface area contributed by atoms with Crippen LogP contribution in [-0.4, -0.2) is 36.6 Å². The highest BCUT2D eigenvalue weighted by atomic mass is 15.2. The fraction of sp³-hybridized carbons (Fsp3) is 1.00. The molecule has 3 aliphatic rings.